The Morgan fingerprint density at radius 2 is 2.00 bits per heavy atom. The first-order valence-corrected chi connectivity index (χ1v) is 5.68. The molecule has 0 bridgehead atoms. The highest BCUT2D eigenvalue weighted by Crippen LogP contribution is 2.18. The van der Waals surface area contributed by atoms with E-state index in [1.54, 1.807) is 0 Å². The molecule has 1 aliphatic rings. The van der Waals surface area contributed by atoms with Crippen LogP contribution < -0.4 is 5.32 Å². The van der Waals surface area contributed by atoms with Crippen molar-refractivity contribution in [2.75, 3.05) is 6.54 Å². The molecule has 4 heteroatoms. The Morgan fingerprint density at radius 1 is 1.29 bits per heavy atom. The molecule has 1 unspecified atom stereocenters. The van der Waals surface area contributed by atoms with Crippen molar-refractivity contribution in [1.29, 1.82) is 0 Å². The highest BCUT2D eigenvalue weighted by molar-refractivity contribution is 5.21. The fraction of sp³-hybridized carbons (Fsp3) is 0.385. The minimum Gasteiger partial charge on any atom is -0.387 e. The van der Waals surface area contributed by atoms with Gasteiger partial charge in [-0.1, -0.05) is 12.2 Å². The molecule has 2 N–H and O–H groups in total. The van der Waals surface area contributed by atoms with Gasteiger partial charge in [0, 0.05) is 18.2 Å². The fourth-order valence-corrected chi connectivity index (χ4v) is 1.94. The first-order valence-electron chi connectivity index (χ1n) is 5.68. The van der Waals surface area contributed by atoms with Crippen LogP contribution in [0.5, 0.6) is 0 Å². The van der Waals surface area contributed by atoms with Crippen LogP contribution in [0.15, 0.2) is 30.4 Å². The summed E-state index contributed by atoms with van der Waals surface area (Å²) in [6.07, 6.45) is 4.93. The van der Waals surface area contributed by atoms with Crippen molar-refractivity contribution < 1.29 is 13.9 Å². The Kier molecular flexibility index (Phi) is 3.86. The van der Waals surface area contributed by atoms with Crippen molar-refractivity contribution in [1.82, 2.24) is 5.32 Å². The molecule has 2 rings (SSSR count). The maximum Gasteiger partial charge on any atom is 0.129 e. The molecule has 92 valence electrons. The maximum atomic E-state index is 13.4. The molecule has 0 fully saturated rings. The van der Waals surface area contributed by atoms with Crippen molar-refractivity contribution in [3.05, 3.63) is 47.5 Å². The van der Waals surface area contributed by atoms with Crippen LogP contribution >= 0.6 is 0 Å². The van der Waals surface area contributed by atoms with E-state index in [9.17, 15) is 13.9 Å². The number of hydrogen-bond donors (Lipinski definition) is 2. The fourth-order valence-electron chi connectivity index (χ4n) is 1.94. The Hall–Kier alpha value is -1.26. The molecule has 2 nitrogen and oxygen atoms in total. The number of hydrogen-bond acceptors (Lipinski definition) is 2. The molecule has 0 aromatic heterocycles. The van der Waals surface area contributed by atoms with Gasteiger partial charge in [0.2, 0.25) is 0 Å². The molecule has 0 radical (unpaired) electrons. The van der Waals surface area contributed by atoms with Gasteiger partial charge < -0.3 is 10.4 Å². The normalized spacial score (nSPS) is 17.6. The summed E-state index contributed by atoms with van der Waals surface area (Å²) in [5.41, 5.74) is 0.00320. The molecule has 17 heavy (non-hydrogen) atoms. The van der Waals surface area contributed by atoms with E-state index in [1.165, 1.54) is 0 Å². The van der Waals surface area contributed by atoms with Gasteiger partial charge in [-0.25, -0.2) is 8.78 Å². The number of benzene rings is 1. The molecule has 0 aliphatic heterocycles. The Balaban J connectivity index is 1.94. The van der Waals surface area contributed by atoms with Crippen LogP contribution in [-0.2, 0) is 0 Å². The minimum absolute atomic E-state index is 0.00320. The third-order valence-corrected chi connectivity index (χ3v) is 2.92. The van der Waals surface area contributed by atoms with Gasteiger partial charge in [0.05, 0.1) is 6.10 Å². The monoisotopic (exact) mass is 239 g/mol. The molecule has 1 atom stereocenters. The number of nitrogens with one attached hydrogen (secondary N) is 1. The molecule has 1 aliphatic carbocycles. The predicted octanol–water partition coefficient (Wildman–Crippen LogP) is 2.31. The van der Waals surface area contributed by atoms with E-state index in [4.69, 9.17) is 0 Å². The lowest BCUT2D eigenvalue weighted by Gasteiger charge is -2.17. The van der Waals surface area contributed by atoms with Crippen LogP contribution in [0.2, 0.25) is 0 Å². The Labute approximate surface area is 99.0 Å². The van der Waals surface area contributed by atoms with Gasteiger partial charge in [-0.2, -0.15) is 0 Å². The van der Waals surface area contributed by atoms with Gasteiger partial charge in [-0.3, -0.25) is 0 Å². The average molecular weight is 239 g/mol. The van der Waals surface area contributed by atoms with Gasteiger partial charge in [-0.05, 0) is 31.0 Å². The molecular weight excluding hydrogens is 224 g/mol. The van der Waals surface area contributed by atoms with Crippen LogP contribution in [0, 0.1) is 11.6 Å². The highest BCUT2D eigenvalue weighted by atomic mass is 19.1. The molecular formula is C13H15F2NO. The van der Waals surface area contributed by atoms with E-state index >= 15 is 0 Å². The van der Waals surface area contributed by atoms with Crippen molar-refractivity contribution in [2.24, 2.45) is 0 Å². The van der Waals surface area contributed by atoms with Crippen LogP contribution in [0.25, 0.3) is 0 Å². The van der Waals surface area contributed by atoms with E-state index < -0.39 is 17.7 Å². The predicted molar refractivity (Wildman–Crippen MR) is 61.5 cm³/mol. The largest absolute Gasteiger partial charge is 0.387 e. The zero-order chi connectivity index (χ0) is 12.3. The van der Waals surface area contributed by atoms with E-state index in [-0.39, 0.29) is 12.1 Å². The smallest absolute Gasteiger partial charge is 0.129 e. The first-order chi connectivity index (χ1) is 8.16. The average Bonchev–Trinajstić information content (AvgIpc) is 2.82. The summed E-state index contributed by atoms with van der Waals surface area (Å²) in [5.74, 6) is -1.12. The number of aliphatic hydroxyl groups excluding tert-OH is 1. The highest BCUT2D eigenvalue weighted by Gasteiger charge is 2.16. The van der Waals surface area contributed by atoms with Gasteiger partial charge in [0.25, 0.3) is 0 Å². The lowest BCUT2D eigenvalue weighted by molar-refractivity contribution is 0.165. The second-order valence-corrected chi connectivity index (χ2v) is 4.23. The lowest BCUT2D eigenvalue weighted by Crippen LogP contribution is -2.31. The topological polar surface area (TPSA) is 32.3 Å². The molecule has 0 amide bonds. The van der Waals surface area contributed by atoms with Crippen LogP contribution in [0.1, 0.15) is 24.5 Å². The number of rotatable bonds is 4. The Bertz CT molecular complexity index is 412. The molecule has 1 aromatic rings. The number of halogens is 2. The van der Waals surface area contributed by atoms with Crippen LogP contribution in [-0.4, -0.2) is 17.7 Å². The molecule has 0 spiro atoms. The molecule has 0 heterocycles. The van der Waals surface area contributed by atoms with Crippen LogP contribution in [0.3, 0.4) is 0 Å². The zero-order valence-electron chi connectivity index (χ0n) is 9.37. The zero-order valence-corrected chi connectivity index (χ0v) is 9.37. The second kappa shape index (κ2) is 5.38. The summed E-state index contributed by atoms with van der Waals surface area (Å²) in [4.78, 5) is 0. The summed E-state index contributed by atoms with van der Waals surface area (Å²) < 4.78 is 26.3. The summed E-state index contributed by atoms with van der Waals surface area (Å²) in [6, 6.07) is 3.40. The van der Waals surface area contributed by atoms with Crippen molar-refractivity contribution in [3.8, 4) is 0 Å². The third-order valence-electron chi connectivity index (χ3n) is 2.92. The molecule has 0 saturated carbocycles. The van der Waals surface area contributed by atoms with Crippen molar-refractivity contribution in [3.63, 3.8) is 0 Å². The van der Waals surface area contributed by atoms with Gasteiger partial charge in [0.1, 0.15) is 11.6 Å². The minimum atomic E-state index is -1.02. The maximum absolute atomic E-state index is 13.4. The van der Waals surface area contributed by atoms with Gasteiger partial charge in [-0.15, -0.1) is 0 Å². The van der Waals surface area contributed by atoms with E-state index in [0.29, 0.717) is 6.04 Å². The van der Waals surface area contributed by atoms with E-state index in [2.05, 4.69) is 17.5 Å². The summed E-state index contributed by atoms with van der Waals surface area (Å²) >= 11 is 0. The molecule has 1 aromatic carbocycles. The summed E-state index contributed by atoms with van der Waals surface area (Å²) in [6.45, 7) is 0.229. The quantitative estimate of drug-likeness (QED) is 0.790. The molecule has 0 saturated heterocycles. The van der Waals surface area contributed by atoms with Gasteiger partial charge in [0.15, 0.2) is 0 Å². The SMILES string of the molecule is OC(CNC1CC=CC1)c1cc(F)ccc1F. The van der Waals surface area contributed by atoms with Crippen molar-refractivity contribution >= 4 is 0 Å². The Morgan fingerprint density at radius 3 is 2.71 bits per heavy atom. The van der Waals surface area contributed by atoms with Crippen molar-refractivity contribution in [2.45, 2.75) is 25.0 Å². The summed E-state index contributed by atoms with van der Waals surface area (Å²) in [7, 11) is 0. The standard InChI is InChI=1S/C13H15F2NO/c14-9-5-6-12(15)11(7-9)13(17)8-16-10-3-1-2-4-10/h1-2,5-7,10,13,16-17H,3-4,8H2. The lowest BCUT2D eigenvalue weighted by atomic mass is 10.1. The van der Waals surface area contributed by atoms with Gasteiger partial charge >= 0.3 is 0 Å². The third kappa shape index (κ3) is 3.11. The second-order valence-electron chi connectivity index (χ2n) is 4.23. The van der Waals surface area contributed by atoms with E-state index in [0.717, 1.165) is 31.0 Å². The first kappa shape index (κ1) is 12.2. The van der Waals surface area contributed by atoms with Crippen LogP contribution in [0.4, 0.5) is 8.78 Å². The number of aliphatic hydroxyl groups is 1. The summed E-state index contributed by atoms with van der Waals surface area (Å²) in [5, 5.41) is 12.9. The van der Waals surface area contributed by atoms with E-state index in [1.807, 2.05) is 0 Å².